The van der Waals surface area contributed by atoms with Gasteiger partial charge in [-0.05, 0) is 24.6 Å². The molecule has 6 heteroatoms. The minimum atomic E-state index is -1.01. The molecule has 0 saturated carbocycles. The average molecular weight is 273 g/mol. The predicted octanol–water partition coefficient (Wildman–Crippen LogP) is 1.07. The predicted molar refractivity (Wildman–Crippen MR) is 71.0 cm³/mol. The number of carbonyl (C=O) groups is 2. The zero-order valence-electron chi connectivity index (χ0n) is 11.3. The number of hydrogen-bond acceptors (Lipinski definition) is 4. The number of nitrogens with one attached hydrogen (secondary N) is 1. The molecule has 1 heterocycles. The van der Waals surface area contributed by atoms with Crippen molar-refractivity contribution >= 4 is 11.9 Å². The van der Waals surface area contributed by atoms with Gasteiger partial charge in [-0.25, -0.2) is 9.69 Å². The molecule has 1 aliphatic heterocycles. The summed E-state index contributed by atoms with van der Waals surface area (Å²) in [7, 11) is 1.58. The first-order chi connectivity index (χ1) is 9.50. The Bertz CT molecular complexity index is 576. The van der Waals surface area contributed by atoms with Gasteiger partial charge in [-0.3, -0.25) is 4.79 Å². The number of hydrogen-bond donors (Lipinski definition) is 1. The van der Waals surface area contributed by atoms with Gasteiger partial charge >= 0.3 is 6.03 Å². The lowest BCUT2D eigenvalue weighted by Crippen LogP contribution is -2.46. The summed E-state index contributed by atoms with van der Waals surface area (Å²) in [4.78, 5) is 24.9. The van der Waals surface area contributed by atoms with Gasteiger partial charge in [0.25, 0.3) is 5.91 Å². The molecule has 1 atom stereocenters. The van der Waals surface area contributed by atoms with Crippen molar-refractivity contribution in [3.05, 3.63) is 29.8 Å². The van der Waals surface area contributed by atoms with Gasteiger partial charge in [-0.1, -0.05) is 12.1 Å². The summed E-state index contributed by atoms with van der Waals surface area (Å²) in [5.41, 5.74) is -0.108. The van der Waals surface area contributed by atoms with Crippen molar-refractivity contribution in [2.24, 2.45) is 0 Å². The normalized spacial score (nSPS) is 21.6. The summed E-state index contributed by atoms with van der Waals surface area (Å²) in [6.45, 7) is 1.43. The van der Waals surface area contributed by atoms with E-state index < -0.39 is 11.6 Å². The van der Waals surface area contributed by atoms with E-state index in [1.54, 1.807) is 26.2 Å². The van der Waals surface area contributed by atoms with Gasteiger partial charge in [0.05, 0.1) is 13.2 Å². The molecule has 1 aromatic rings. The second-order valence-corrected chi connectivity index (χ2v) is 4.84. The van der Waals surface area contributed by atoms with Crippen molar-refractivity contribution in [1.29, 1.82) is 5.26 Å². The first-order valence-corrected chi connectivity index (χ1v) is 6.14. The van der Waals surface area contributed by atoms with Gasteiger partial charge in [0.15, 0.2) is 0 Å². The Kier molecular flexibility index (Phi) is 3.61. The van der Waals surface area contributed by atoms with Crippen molar-refractivity contribution in [1.82, 2.24) is 10.2 Å². The number of urea groups is 1. The summed E-state index contributed by atoms with van der Waals surface area (Å²) < 4.78 is 5.07. The number of nitrogens with zero attached hydrogens (tertiary/aromatic N) is 2. The molecule has 104 valence electrons. The standard InChI is InChI=1S/C14H15N3O3/c1-14(9-10-3-5-11(20-2)6-4-10)12(18)17(8-7-15)13(19)16-14/h3-6H,8-9H2,1-2H3,(H,16,19)/t14-/m0/s1. The number of carbonyl (C=O) groups excluding carboxylic acids is 2. The van der Waals surface area contributed by atoms with Gasteiger partial charge in [0.2, 0.25) is 0 Å². The van der Waals surface area contributed by atoms with Crippen LogP contribution in [-0.4, -0.2) is 36.0 Å². The molecule has 0 radical (unpaired) electrons. The van der Waals surface area contributed by atoms with Crippen molar-refractivity contribution in [3.8, 4) is 11.8 Å². The van der Waals surface area contributed by atoms with Gasteiger partial charge in [0, 0.05) is 6.42 Å². The van der Waals surface area contributed by atoms with Crippen LogP contribution in [0.2, 0.25) is 0 Å². The van der Waals surface area contributed by atoms with Gasteiger partial charge in [0.1, 0.15) is 17.8 Å². The zero-order valence-corrected chi connectivity index (χ0v) is 11.3. The maximum atomic E-state index is 12.2. The monoisotopic (exact) mass is 273 g/mol. The lowest BCUT2D eigenvalue weighted by molar-refractivity contribution is -0.130. The Morgan fingerprint density at radius 2 is 2.00 bits per heavy atom. The largest absolute Gasteiger partial charge is 0.497 e. The fraction of sp³-hybridized carbons (Fsp3) is 0.357. The fourth-order valence-electron chi connectivity index (χ4n) is 2.23. The lowest BCUT2D eigenvalue weighted by atomic mass is 9.93. The van der Waals surface area contributed by atoms with E-state index in [4.69, 9.17) is 10.00 Å². The first-order valence-electron chi connectivity index (χ1n) is 6.14. The van der Waals surface area contributed by atoms with Crippen LogP contribution in [0.3, 0.4) is 0 Å². The average Bonchev–Trinajstić information content (AvgIpc) is 2.63. The number of methoxy groups -OCH3 is 1. The summed E-state index contributed by atoms with van der Waals surface area (Å²) in [6, 6.07) is 8.58. The molecule has 0 aromatic heterocycles. The van der Waals surface area contributed by atoms with E-state index in [0.29, 0.717) is 6.42 Å². The van der Waals surface area contributed by atoms with Crippen molar-refractivity contribution in [2.45, 2.75) is 18.9 Å². The lowest BCUT2D eigenvalue weighted by Gasteiger charge is -2.21. The maximum Gasteiger partial charge on any atom is 0.325 e. The molecule has 0 spiro atoms. The number of amides is 3. The summed E-state index contributed by atoms with van der Waals surface area (Å²) in [6.07, 6.45) is 0.365. The van der Waals surface area contributed by atoms with Crippen molar-refractivity contribution in [3.63, 3.8) is 0 Å². The molecule has 1 N–H and O–H groups in total. The molecule has 1 aromatic carbocycles. The topological polar surface area (TPSA) is 82.4 Å². The van der Waals surface area contributed by atoms with E-state index in [1.807, 2.05) is 18.2 Å². The van der Waals surface area contributed by atoms with Crippen LogP contribution in [0.4, 0.5) is 4.79 Å². The molecule has 0 unspecified atom stereocenters. The molecule has 0 aliphatic carbocycles. The number of benzene rings is 1. The molecule has 1 saturated heterocycles. The molecule has 3 amide bonds. The van der Waals surface area contributed by atoms with Gasteiger partial charge in [-0.15, -0.1) is 0 Å². The quantitative estimate of drug-likeness (QED) is 0.657. The highest BCUT2D eigenvalue weighted by molar-refractivity contribution is 6.07. The van der Waals surface area contributed by atoms with Crippen LogP contribution >= 0.6 is 0 Å². The third-order valence-corrected chi connectivity index (χ3v) is 3.29. The molecule has 2 rings (SSSR count). The Morgan fingerprint density at radius 1 is 1.35 bits per heavy atom. The molecule has 1 aliphatic rings. The van der Waals surface area contributed by atoms with E-state index in [-0.39, 0.29) is 12.5 Å². The number of rotatable bonds is 4. The van der Waals surface area contributed by atoms with E-state index in [0.717, 1.165) is 16.2 Å². The summed E-state index contributed by atoms with van der Waals surface area (Å²) in [5, 5.41) is 11.3. The summed E-state index contributed by atoms with van der Waals surface area (Å²) >= 11 is 0. The second-order valence-electron chi connectivity index (χ2n) is 4.84. The highest BCUT2D eigenvalue weighted by Gasteiger charge is 2.47. The van der Waals surface area contributed by atoms with Crippen molar-refractivity contribution in [2.75, 3.05) is 13.7 Å². The number of imide groups is 1. The molecular weight excluding hydrogens is 258 g/mol. The minimum Gasteiger partial charge on any atom is -0.497 e. The minimum absolute atomic E-state index is 0.233. The van der Waals surface area contributed by atoms with Crippen LogP contribution in [-0.2, 0) is 11.2 Å². The van der Waals surface area contributed by atoms with E-state index in [9.17, 15) is 9.59 Å². The van der Waals surface area contributed by atoms with Crippen molar-refractivity contribution < 1.29 is 14.3 Å². The molecule has 20 heavy (non-hydrogen) atoms. The highest BCUT2D eigenvalue weighted by atomic mass is 16.5. The molecule has 6 nitrogen and oxygen atoms in total. The molecule has 1 fully saturated rings. The maximum absolute atomic E-state index is 12.2. The SMILES string of the molecule is COc1ccc(C[C@]2(C)NC(=O)N(CC#N)C2=O)cc1. The Hall–Kier alpha value is -2.55. The van der Waals surface area contributed by atoms with E-state index in [2.05, 4.69) is 5.32 Å². The van der Waals surface area contributed by atoms with Crippen LogP contribution in [0.1, 0.15) is 12.5 Å². The van der Waals surface area contributed by atoms with Crippen LogP contribution in [0.25, 0.3) is 0 Å². The summed E-state index contributed by atoms with van der Waals surface area (Å²) in [5.74, 6) is 0.353. The van der Waals surface area contributed by atoms with E-state index >= 15 is 0 Å². The van der Waals surface area contributed by atoms with Gasteiger partial charge in [-0.2, -0.15) is 5.26 Å². The number of ether oxygens (including phenoxy) is 1. The highest BCUT2D eigenvalue weighted by Crippen LogP contribution is 2.23. The second kappa shape index (κ2) is 5.21. The fourth-order valence-corrected chi connectivity index (χ4v) is 2.23. The van der Waals surface area contributed by atoms with Crippen LogP contribution < -0.4 is 10.1 Å². The molecule has 0 bridgehead atoms. The van der Waals surface area contributed by atoms with Crippen LogP contribution in [0.5, 0.6) is 5.75 Å². The molecular formula is C14H15N3O3. The van der Waals surface area contributed by atoms with Crippen LogP contribution in [0, 0.1) is 11.3 Å². The Labute approximate surface area is 116 Å². The third kappa shape index (κ3) is 2.43. The zero-order chi connectivity index (χ0) is 14.8. The van der Waals surface area contributed by atoms with Gasteiger partial charge < -0.3 is 10.1 Å². The Morgan fingerprint density at radius 3 is 2.55 bits per heavy atom. The Balaban J connectivity index is 2.17. The van der Waals surface area contributed by atoms with E-state index in [1.165, 1.54) is 0 Å². The first kappa shape index (κ1) is 13.9. The third-order valence-electron chi connectivity index (χ3n) is 3.29. The smallest absolute Gasteiger partial charge is 0.325 e. The number of nitriles is 1. The van der Waals surface area contributed by atoms with Crippen LogP contribution in [0.15, 0.2) is 24.3 Å².